The van der Waals surface area contributed by atoms with E-state index in [9.17, 15) is 4.79 Å². The Morgan fingerprint density at radius 3 is 2.85 bits per heavy atom. The minimum atomic E-state index is 0.566. The van der Waals surface area contributed by atoms with Crippen molar-refractivity contribution in [2.45, 2.75) is 0 Å². The van der Waals surface area contributed by atoms with E-state index in [4.69, 9.17) is 4.74 Å². The molecule has 0 aliphatic rings. The molecule has 0 saturated carbocycles. The van der Waals surface area contributed by atoms with Gasteiger partial charge in [0.25, 0.3) is 0 Å². The number of aldehydes is 1. The van der Waals surface area contributed by atoms with Crippen LogP contribution in [0.4, 0.5) is 0 Å². The lowest BCUT2D eigenvalue weighted by Crippen LogP contribution is -1.84. The fourth-order valence-electron chi connectivity index (χ4n) is 0.831. The molecule has 0 aliphatic carbocycles. The Kier molecular flexibility index (Phi) is 3.53. The zero-order chi connectivity index (χ0) is 9.68. The lowest BCUT2D eigenvalue weighted by molar-refractivity contribution is -0.103. The zero-order valence-corrected chi connectivity index (χ0v) is 8.59. The van der Waals surface area contributed by atoms with E-state index in [1.54, 1.807) is 25.3 Å². The van der Waals surface area contributed by atoms with Crippen molar-refractivity contribution in [3.05, 3.63) is 28.2 Å². The monoisotopic (exact) mass is 238 g/mol. The molecule has 0 amide bonds. The van der Waals surface area contributed by atoms with Crippen molar-refractivity contribution in [3.63, 3.8) is 0 Å². The maximum atomic E-state index is 10.00. The molecule has 1 aromatic rings. The molecule has 0 fully saturated rings. The van der Waals surface area contributed by atoms with Gasteiger partial charge in [-0.2, -0.15) is 0 Å². The molecule has 2 nitrogen and oxygen atoms in total. The Balaban J connectivity index is 3.05. The van der Waals surface area contributed by atoms with Gasteiger partial charge in [-0.05, 0) is 40.0 Å². The fourth-order valence-corrected chi connectivity index (χ4v) is 1.29. The summed E-state index contributed by atoms with van der Waals surface area (Å²) in [4.78, 5) is 10.00. The Labute approximate surface area is 85.0 Å². The molecule has 0 aromatic heterocycles. The second-order valence-electron chi connectivity index (χ2n) is 2.23. The normalized spacial score (nSPS) is 8.46. The van der Waals surface area contributed by atoms with Gasteiger partial charge in [0.2, 0.25) is 0 Å². The highest BCUT2D eigenvalue weighted by atomic mass is 79.9. The number of methoxy groups -OCH3 is 1. The first kappa shape index (κ1) is 9.82. The first-order valence-corrected chi connectivity index (χ1v) is 4.36. The van der Waals surface area contributed by atoms with Crippen LogP contribution in [0.15, 0.2) is 22.7 Å². The maximum absolute atomic E-state index is 10.00. The van der Waals surface area contributed by atoms with E-state index in [1.807, 2.05) is 0 Å². The van der Waals surface area contributed by atoms with Gasteiger partial charge < -0.3 is 4.74 Å². The Hall–Kier alpha value is -1.27. The summed E-state index contributed by atoms with van der Waals surface area (Å²) in [5, 5.41) is 0. The molecule has 1 rings (SSSR count). The van der Waals surface area contributed by atoms with Crippen molar-refractivity contribution in [2.24, 2.45) is 0 Å². The van der Waals surface area contributed by atoms with Crippen LogP contribution in [0.1, 0.15) is 5.56 Å². The molecular weight excluding hydrogens is 232 g/mol. The Morgan fingerprint density at radius 1 is 1.54 bits per heavy atom. The first-order chi connectivity index (χ1) is 6.27. The molecular formula is C10H7BrO2. The van der Waals surface area contributed by atoms with E-state index in [-0.39, 0.29) is 0 Å². The van der Waals surface area contributed by atoms with Crippen molar-refractivity contribution in [1.82, 2.24) is 0 Å². The predicted octanol–water partition coefficient (Wildman–Crippen LogP) is 2.01. The number of hydrogen-bond donors (Lipinski definition) is 0. The number of rotatable bonds is 1. The third-order valence-electron chi connectivity index (χ3n) is 1.44. The second-order valence-corrected chi connectivity index (χ2v) is 3.09. The second kappa shape index (κ2) is 4.68. The highest BCUT2D eigenvalue weighted by Gasteiger charge is 1.97. The van der Waals surface area contributed by atoms with Crippen LogP contribution in [0.5, 0.6) is 5.75 Å². The lowest BCUT2D eigenvalue weighted by atomic mass is 10.2. The minimum absolute atomic E-state index is 0.566. The largest absolute Gasteiger partial charge is 0.497 e. The number of carbonyl (C=O) groups is 1. The van der Waals surface area contributed by atoms with E-state index in [2.05, 4.69) is 27.8 Å². The highest BCUT2D eigenvalue weighted by molar-refractivity contribution is 9.10. The maximum Gasteiger partial charge on any atom is 0.193 e. The topological polar surface area (TPSA) is 26.3 Å². The van der Waals surface area contributed by atoms with Gasteiger partial charge in [0, 0.05) is 10.0 Å². The zero-order valence-electron chi connectivity index (χ0n) is 7.00. The number of carbonyl (C=O) groups excluding carboxylic acids is 1. The highest BCUT2D eigenvalue weighted by Crippen LogP contribution is 2.21. The van der Waals surface area contributed by atoms with Gasteiger partial charge in [-0.15, -0.1) is 0 Å². The summed E-state index contributed by atoms with van der Waals surface area (Å²) in [6.45, 7) is 0. The molecule has 0 spiro atoms. The van der Waals surface area contributed by atoms with Crippen LogP contribution < -0.4 is 4.74 Å². The molecule has 13 heavy (non-hydrogen) atoms. The van der Waals surface area contributed by atoms with Crippen molar-refractivity contribution < 1.29 is 9.53 Å². The van der Waals surface area contributed by atoms with Crippen LogP contribution in [0.3, 0.4) is 0 Å². The van der Waals surface area contributed by atoms with Gasteiger partial charge in [0.15, 0.2) is 6.29 Å². The summed E-state index contributed by atoms with van der Waals surface area (Å²) in [5.74, 6) is 5.79. The minimum Gasteiger partial charge on any atom is -0.497 e. The van der Waals surface area contributed by atoms with Crippen LogP contribution in [-0.2, 0) is 4.79 Å². The molecule has 0 aliphatic heterocycles. The van der Waals surface area contributed by atoms with Gasteiger partial charge in [-0.3, -0.25) is 4.79 Å². The van der Waals surface area contributed by atoms with Crippen LogP contribution in [0, 0.1) is 11.8 Å². The fraction of sp³-hybridized carbons (Fsp3) is 0.100. The first-order valence-electron chi connectivity index (χ1n) is 3.56. The predicted molar refractivity (Wildman–Crippen MR) is 53.6 cm³/mol. The van der Waals surface area contributed by atoms with E-state index >= 15 is 0 Å². The number of benzene rings is 1. The molecule has 0 saturated heterocycles. The molecule has 66 valence electrons. The Bertz CT molecular complexity index is 374. The van der Waals surface area contributed by atoms with Crippen LogP contribution in [-0.4, -0.2) is 13.4 Å². The SMILES string of the molecule is COc1ccc(C#CC=O)c(Br)c1. The molecule has 0 heterocycles. The van der Waals surface area contributed by atoms with Crippen LogP contribution in [0.25, 0.3) is 0 Å². The number of halogens is 1. The summed E-state index contributed by atoms with van der Waals surface area (Å²) in [5.41, 5.74) is 0.771. The van der Waals surface area contributed by atoms with E-state index in [1.165, 1.54) is 0 Å². The molecule has 0 unspecified atom stereocenters. The molecule has 0 radical (unpaired) electrons. The van der Waals surface area contributed by atoms with Gasteiger partial charge >= 0.3 is 0 Å². The van der Waals surface area contributed by atoms with Gasteiger partial charge in [0.1, 0.15) is 5.75 Å². The number of hydrogen-bond acceptors (Lipinski definition) is 2. The lowest BCUT2D eigenvalue weighted by Gasteiger charge is -2.00. The summed E-state index contributed by atoms with van der Waals surface area (Å²) < 4.78 is 5.83. The van der Waals surface area contributed by atoms with Gasteiger partial charge in [-0.1, -0.05) is 5.92 Å². The van der Waals surface area contributed by atoms with Crippen LogP contribution >= 0.6 is 15.9 Å². The summed E-state index contributed by atoms with van der Waals surface area (Å²) in [6, 6.07) is 5.38. The van der Waals surface area contributed by atoms with Crippen LogP contribution in [0.2, 0.25) is 0 Å². The number of ether oxygens (including phenoxy) is 1. The average Bonchev–Trinajstić information content (AvgIpc) is 2.16. The summed E-state index contributed by atoms with van der Waals surface area (Å²) in [6.07, 6.45) is 0.566. The molecule has 0 N–H and O–H groups in total. The van der Waals surface area contributed by atoms with E-state index in [0.717, 1.165) is 15.8 Å². The molecule has 1 aromatic carbocycles. The van der Waals surface area contributed by atoms with Gasteiger partial charge in [0.05, 0.1) is 7.11 Å². The average molecular weight is 239 g/mol. The molecule has 0 atom stereocenters. The van der Waals surface area contributed by atoms with E-state index in [0.29, 0.717) is 6.29 Å². The van der Waals surface area contributed by atoms with Crippen molar-refractivity contribution >= 4 is 22.2 Å². The summed E-state index contributed by atoms with van der Waals surface area (Å²) >= 11 is 3.32. The van der Waals surface area contributed by atoms with Crippen molar-refractivity contribution in [3.8, 4) is 17.6 Å². The third-order valence-corrected chi connectivity index (χ3v) is 2.10. The summed E-state index contributed by atoms with van der Waals surface area (Å²) in [7, 11) is 1.60. The molecule has 0 bridgehead atoms. The quantitative estimate of drug-likeness (QED) is 0.553. The Morgan fingerprint density at radius 2 is 2.31 bits per heavy atom. The van der Waals surface area contributed by atoms with Gasteiger partial charge in [-0.25, -0.2) is 0 Å². The van der Waals surface area contributed by atoms with E-state index < -0.39 is 0 Å². The smallest absolute Gasteiger partial charge is 0.193 e. The molecule has 3 heteroatoms. The standard InChI is InChI=1S/C10H7BrO2/c1-13-9-5-4-8(3-2-6-12)10(11)7-9/h4-7H,1H3. The van der Waals surface area contributed by atoms with Crippen molar-refractivity contribution in [2.75, 3.05) is 7.11 Å². The third kappa shape index (κ3) is 2.60. The van der Waals surface area contributed by atoms with Crippen molar-refractivity contribution in [1.29, 1.82) is 0 Å².